The van der Waals surface area contributed by atoms with Gasteiger partial charge in [-0.3, -0.25) is 4.98 Å². The zero-order chi connectivity index (χ0) is 28.7. The SMILES string of the molecule is Nc1nc(N)c2c(n1)NC(c1cccc(Nc3ccnc4cc(C(F)(F)F)ccc34)c1)CC(c1ccc(Cl)cc1)=N2. The molecule has 206 valence electrons. The number of alkyl halides is 3. The molecule has 0 saturated heterocycles. The van der Waals surface area contributed by atoms with Crippen LogP contribution in [0.5, 0.6) is 0 Å². The van der Waals surface area contributed by atoms with Crippen LogP contribution in [0.4, 0.5) is 47.8 Å². The van der Waals surface area contributed by atoms with Crippen molar-refractivity contribution in [1.82, 2.24) is 15.0 Å². The van der Waals surface area contributed by atoms with Gasteiger partial charge in [0.1, 0.15) is 5.69 Å². The molecule has 1 aliphatic rings. The Labute approximate surface area is 237 Å². The Morgan fingerprint density at radius 1 is 0.951 bits per heavy atom. The topological polar surface area (TPSA) is 127 Å². The highest BCUT2D eigenvalue weighted by molar-refractivity contribution is 6.30. The van der Waals surface area contributed by atoms with Crippen LogP contribution in [0, 0.1) is 0 Å². The number of hydrogen-bond acceptors (Lipinski definition) is 8. The third kappa shape index (κ3) is 5.44. The fourth-order valence-electron chi connectivity index (χ4n) is 4.74. The van der Waals surface area contributed by atoms with Gasteiger partial charge in [-0.2, -0.15) is 23.1 Å². The van der Waals surface area contributed by atoms with E-state index in [2.05, 4.69) is 25.6 Å². The van der Waals surface area contributed by atoms with Gasteiger partial charge < -0.3 is 22.1 Å². The van der Waals surface area contributed by atoms with Gasteiger partial charge in [0.2, 0.25) is 5.95 Å². The quantitative estimate of drug-likeness (QED) is 0.177. The Bertz CT molecular complexity index is 1810. The van der Waals surface area contributed by atoms with Crippen molar-refractivity contribution in [3.8, 4) is 0 Å². The maximum atomic E-state index is 13.2. The molecule has 6 rings (SSSR count). The molecule has 12 heteroatoms. The van der Waals surface area contributed by atoms with Crippen molar-refractivity contribution < 1.29 is 13.2 Å². The molecule has 2 aromatic heterocycles. The average molecular weight is 575 g/mol. The molecular formula is C29H22ClF3N8. The molecule has 41 heavy (non-hydrogen) atoms. The van der Waals surface area contributed by atoms with Gasteiger partial charge in [-0.15, -0.1) is 0 Å². The molecule has 6 N–H and O–H groups in total. The second-order valence-corrected chi connectivity index (χ2v) is 9.91. The largest absolute Gasteiger partial charge is 0.416 e. The summed E-state index contributed by atoms with van der Waals surface area (Å²) in [6.07, 6.45) is -2.51. The fourth-order valence-corrected chi connectivity index (χ4v) is 4.86. The van der Waals surface area contributed by atoms with E-state index in [9.17, 15) is 13.2 Å². The first-order chi connectivity index (χ1) is 19.6. The average Bonchev–Trinajstić information content (AvgIpc) is 3.13. The highest BCUT2D eigenvalue weighted by Gasteiger charge is 2.31. The van der Waals surface area contributed by atoms with E-state index in [1.807, 2.05) is 36.4 Å². The van der Waals surface area contributed by atoms with E-state index in [0.717, 1.165) is 34.7 Å². The lowest BCUT2D eigenvalue weighted by Gasteiger charge is -2.20. The van der Waals surface area contributed by atoms with Crippen molar-refractivity contribution in [1.29, 1.82) is 0 Å². The number of pyridine rings is 1. The first-order valence-corrected chi connectivity index (χ1v) is 12.9. The van der Waals surface area contributed by atoms with Gasteiger partial charge in [0.15, 0.2) is 11.6 Å². The first kappa shape index (κ1) is 26.3. The lowest BCUT2D eigenvalue weighted by molar-refractivity contribution is -0.137. The van der Waals surface area contributed by atoms with Gasteiger partial charge in [0, 0.05) is 34.4 Å². The number of benzene rings is 3. The number of nitrogens with zero attached hydrogens (tertiary/aromatic N) is 4. The predicted octanol–water partition coefficient (Wildman–Crippen LogP) is 7.28. The molecule has 1 atom stereocenters. The third-order valence-electron chi connectivity index (χ3n) is 6.70. The highest BCUT2D eigenvalue weighted by Crippen LogP contribution is 2.39. The molecular weight excluding hydrogens is 553 g/mol. The lowest BCUT2D eigenvalue weighted by Crippen LogP contribution is -2.15. The molecule has 0 spiro atoms. The maximum absolute atomic E-state index is 13.2. The molecule has 0 aliphatic carbocycles. The molecule has 5 aromatic rings. The normalized spacial score (nSPS) is 15.0. The summed E-state index contributed by atoms with van der Waals surface area (Å²) < 4.78 is 39.7. The van der Waals surface area contributed by atoms with Crippen LogP contribution in [0.15, 0.2) is 84.0 Å². The Kier molecular flexibility index (Phi) is 6.58. The Balaban J connectivity index is 1.36. The zero-order valence-electron chi connectivity index (χ0n) is 21.2. The molecule has 8 nitrogen and oxygen atoms in total. The number of aromatic nitrogens is 3. The Hall–Kier alpha value is -4.90. The summed E-state index contributed by atoms with van der Waals surface area (Å²) in [5.74, 6) is 0.579. The second-order valence-electron chi connectivity index (χ2n) is 9.47. The number of aliphatic imine (C=N–C) groups is 1. The monoisotopic (exact) mass is 574 g/mol. The van der Waals surface area contributed by atoms with Crippen LogP contribution in [0.1, 0.15) is 29.2 Å². The number of rotatable bonds is 4. The molecule has 1 aliphatic heterocycles. The van der Waals surface area contributed by atoms with Crippen LogP contribution in [0.2, 0.25) is 5.02 Å². The summed E-state index contributed by atoms with van der Waals surface area (Å²) in [7, 11) is 0. The number of nitrogen functional groups attached to an aromatic ring is 2. The fraction of sp³-hybridized carbons (Fsp3) is 0.103. The van der Waals surface area contributed by atoms with Crippen molar-refractivity contribution in [2.75, 3.05) is 22.1 Å². The van der Waals surface area contributed by atoms with Crippen molar-refractivity contribution in [3.05, 3.63) is 101 Å². The van der Waals surface area contributed by atoms with E-state index in [1.165, 1.54) is 12.3 Å². The molecule has 3 aromatic carbocycles. The number of nitrogens with two attached hydrogens (primary N) is 2. The number of fused-ring (bicyclic) bond motifs is 2. The zero-order valence-corrected chi connectivity index (χ0v) is 22.0. The van der Waals surface area contributed by atoms with E-state index in [0.29, 0.717) is 34.0 Å². The van der Waals surface area contributed by atoms with E-state index >= 15 is 0 Å². The van der Waals surface area contributed by atoms with E-state index in [4.69, 9.17) is 28.1 Å². The van der Waals surface area contributed by atoms with Gasteiger partial charge in [-0.25, -0.2) is 4.99 Å². The minimum absolute atomic E-state index is 0.0197. The van der Waals surface area contributed by atoms with Crippen molar-refractivity contribution in [2.24, 2.45) is 4.99 Å². The summed E-state index contributed by atoms with van der Waals surface area (Å²) >= 11 is 6.11. The van der Waals surface area contributed by atoms with Crippen LogP contribution in [-0.4, -0.2) is 20.7 Å². The van der Waals surface area contributed by atoms with Gasteiger partial charge in [-0.05, 0) is 53.6 Å². The Morgan fingerprint density at radius 3 is 2.54 bits per heavy atom. The minimum atomic E-state index is -4.45. The first-order valence-electron chi connectivity index (χ1n) is 12.5. The molecule has 0 bridgehead atoms. The molecule has 3 heterocycles. The van der Waals surface area contributed by atoms with E-state index in [-0.39, 0.29) is 23.3 Å². The van der Waals surface area contributed by atoms with Gasteiger partial charge in [-0.1, -0.05) is 41.9 Å². The predicted molar refractivity (Wildman–Crippen MR) is 156 cm³/mol. The summed E-state index contributed by atoms with van der Waals surface area (Å²) in [5.41, 5.74) is 15.8. The number of nitrogens with one attached hydrogen (secondary N) is 2. The number of hydrogen-bond donors (Lipinski definition) is 4. The number of anilines is 5. The third-order valence-corrected chi connectivity index (χ3v) is 6.95. The molecule has 0 fully saturated rings. The highest BCUT2D eigenvalue weighted by atomic mass is 35.5. The van der Waals surface area contributed by atoms with Gasteiger partial charge >= 0.3 is 6.18 Å². The molecule has 0 saturated carbocycles. The standard InChI is InChI=1S/C29H22ClF3N8/c30-18-7-4-15(5-8-18)22-14-23(39-27-25(38-22)26(34)40-28(35)41-27)16-2-1-3-19(12-16)37-21-10-11-36-24-13-17(29(31,32)33)6-9-20(21)24/h1-13,23H,14H2,(H,36,37)(H5,34,35,39,40,41). The maximum Gasteiger partial charge on any atom is 0.416 e. The van der Waals surface area contributed by atoms with Crippen LogP contribution in [0.25, 0.3) is 10.9 Å². The summed E-state index contributed by atoms with van der Waals surface area (Å²) in [6.45, 7) is 0. The smallest absolute Gasteiger partial charge is 0.382 e. The minimum Gasteiger partial charge on any atom is -0.382 e. The summed E-state index contributed by atoms with van der Waals surface area (Å²) in [4.78, 5) is 17.4. The van der Waals surface area contributed by atoms with Crippen LogP contribution in [0.3, 0.4) is 0 Å². The number of halogens is 4. The van der Waals surface area contributed by atoms with Crippen LogP contribution >= 0.6 is 11.6 Å². The van der Waals surface area contributed by atoms with Crippen molar-refractivity contribution in [3.63, 3.8) is 0 Å². The Morgan fingerprint density at radius 2 is 1.76 bits per heavy atom. The summed E-state index contributed by atoms with van der Waals surface area (Å²) in [6, 6.07) is 20.0. The van der Waals surface area contributed by atoms with Crippen LogP contribution < -0.4 is 22.1 Å². The van der Waals surface area contributed by atoms with E-state index in [1.54, 1.807) is 18.2 Å². The molecule has 0 amide bonds. The molecule has 1 unspecified atom stereocenters. The van der Waals surface area contributed by atoms with E-state index < -0.39 is 11.7 Å². The van der Waals surface area contributed by atoms with Crippen LogP contribution in [-0.2, 0) is 6.18 Å². The van der Waals surface area contributed by atoms with Crippen molar-refractivity contribution in [2.45, 2.75) is 18.6 Å². The van der Waals surface area contributed by atoms with Gasteiger partial charge in [0.05, 0.1) is 22.8 Å². The molecule has 0 radical (unpaired) electrons. The summed E-state index contributed by atoms with van der Waals surface area (Å²) in [5, 5.41) is 7.91. The van der Waals surface area contributed by atoms with Crippen molar-refractivity contribution >= 4 is 62.9 Å². The second kappa shape index (κ2) is 10.3. The van der Waals surface area contributed by atoms with Gasteiger partial charge in [0.25, 0.3) is 0 Å². The lowest BCUT2D eigenvalue weighted by atomic mass is 9.97.